The van der Waals surface area contributed by atoms with E-state index in [1.165, 1.54) is 25.7 Å². The molecular formula is C23H40. The van der Waals surface area contributed by atoms with Crippen LogP contribution in [0, 0.1) is 35.5 Å². The Morgan fingerprint density at radius 3 is 1.87 bits per heavy atom. The second kappa shape index (κ2) is 7.92. The van der Waals surface area contributed by atoms with Crippen LogP contribution in [0.4, 0.5) is 0 Å². The molecule has 0 spiro atoms. The third-order valence-corrected chi connectivity index (χ3v) is 8.47. The van der Waals surface area contributed by atoms with Crippen LogP contribution in [0.25, 0.3) is 0 Å². The van der Waals surface area contributed by atoms with Gasteiger partial charge in [-0.2, -0.15) is 0 Å². The highest BCUT2D eigenvalue weighted by molar-refractivity contribution is 4.91. The maximum absolute atomic E-state index is 1.64. The minimum absolute atomic E-state index is 1.11. The van der Waals surface area contributed by atoms with Crippen molar-refractivity contribution in [3.05, 3.63) is 0 Å². The van der Waals surface area contributed by atoms with Crippen molar-refractivity contribution in [2.75, 3.05) is 0 Å². The molecule has 132 valence electrons. The molecule has 0 aromatic carbocycles. The first-order chi connectivity index (χ1) is 11.4. The van der Waals surface area contributed by atoms with Crippen LogP contribution in [-0.4, -0.2) is 0 Å². The lowest BCUT2D eigenvalue weighted by Gasteiger charge is -2.48. The van der Waals surface area contributed by atoms with Gasteiger partial charge in [-0.25, -0.2) is 0 Å². The van der Waals surface area contributed by atoms with Gasteiger partial charge in [0.1, 0.15) is 0 Å². The molecule has 4 aliphatic rings. The highest BCUT2D eigenvalue weighted by Crippen LogP contribution is 2.51. The zero-order valence-corrected chi connectivity index (χ0v) is 15.5. The standard InChI is InChI=1S/C23H40/c1-3-8-18(9-4-1)16-19-14-15-21-12-7-13-22(23(21)17-19)20-10-5-2-6-11-20/h18-23H,1-17H2. The quantitative estimate of drug-likeness (QED) is 0.510. The molecule has 0 aromatic rings. The summed E-state index contributed by atoms with van der Waals surface area (Å²) in [5.41, 5.74) is 0. The smallest absolute Gasteiger partial charge is 0.0352 e. The van der Waals surface area contributed by atoms with Crippen molar-refractivity contribution in [1.29, 1.82) is 0 Å². The molecule has 4 rings (SSSR count). The third kappa shape index (κ3) is 3.98. The molecule has 0 saturated heterocycles. The fraction of sp³-hybridized carbons (Fsp3) is 1.00. The van der Waals surface area contributed by atoms with Crippen LogP contribution in [0.15, 0.2) is 0 Å². The second-order valence-corrected chi connectivity index (χ2v) is 9.84. The third-order valence-electron chi connectivity index (χ3n) is 8.47. The number of hydrogen-bond acceptors (Lipinski definition) is 0. The Morgan fingerprint density at radius 2 is 1.09 bits per heavy atom. The van der Waals surface area contributed by atoms with Gasteiger partial charge >= 0.3 is 0 Å². The molecule has 0 heterocycles. The SMILES string of the molecule is C1CCC(CC2CCC3CCCC(C4CCCCC4)C3C2)CC1. The van der Waals surface area contributed by atoms with Gasteiger partial charge in [0.25, 0.3) is 0 Å². The van der Waals surface area contributed by atoms with Crippen molar-refractivity contribution in [2.45, 2.75) is 109 Å². The monoisotopic (exact) mass is 316 g/mol. The van der Waals surface area contributed by atoms with E-state index in [1.54, 1.807) is 83.5 Å². The van der Waals surface area contributed by atoms with Gasteiger partial charge in [0.15, 0.2) is 0 Å². The van der Waals surface area contributed by atoms with Crippen molar-refractivity contribution in [1.82, 2.24) is 0 Å². The van der Waals surface area contributed by atoms with Gasteiger partial charge in [-0.3, -0.25) is 0 Å². The maximum atomic E-state index is 1.64. The normalized spacial score (nSPS) is 40.7. The Morgan fingerprint density at radius 1 is 0.435 bits per heavy atom. The van der Waals surface area contributed by atoms with E-state index in [4.69, 9.17) is 0 Å². The summed E-state index contributed by atoms with van der Waals surface area (Å²) >= 11 is 0. The summed E-state index contributed by atoms with van der Waals surface area (Å²) in [7, 11) is 0. The molecular weight excluding hydrogens is 276 g/mol. The summed E-state index contributed by atoms with van der Waals surface area (Å²) in [5, 5.41) is 0. The van der Waals surface area contributed by atoms with E-state index in [9.17, 15) is 0 Å². The Balaban J connectivity index is 1.36. The average Bonchev–Trinajstić information content (AvgIpc) is 2.63. The van der Waals surface area contributed by atoms with Crippen LogP contribution in [-0.2, 0) is 0 Å². The molecule has 0 radical (unpaired) electrons. The number of hydrogen-bond donors (Lipinski definition) is 0. The molecule has 0 N–H and O–H groups in total. The van der Waals surface area contributed by atoms with Gasteiger partial charge < -0.3 is 0 Å². The largest absolute Gasteiger partial charge is 0.0533 e. The summed E-state index contributed by atoms with van der Waals surface area (Å²) in [5.74, 6) is 6.78. The number of rotatable bonds is 3. The molecule has 4 saturated carbocycles. The van der Waals surface area contributed by atoms with Crippen molar-refractivity contribution in [3.8, 4) is 0 Å². The van der Waals surface area contributed by atoms with Crippen LogP contribution in [0.1, 0.15) is 109 Å². The second-order valence-electron chi connectivity index (χ2n) is 9.84. The molecule has 4 atom stereocenters. The van der Waals surface area contributed by atoms with Crippen LogP contribution in [0.5, 0.6) is 0 Å². The van der Waals surface area contributed by atoms with E-state index in [2.05, 4.69) is 0 Å². The van der Waals surface area contributed by atoms with Crippen molar-refractivity contribution >= 4 is 0 Å². The average molecular weight is 317 g/mol. The summed E-state index contributed by atoms with van der Waals surface area (Å²) in [6, 6.07) is 0. The zero-order chi connectivity index (χ0) is 15.5. The first kappa shape index (κ1) is 16.5. The molecule has 0 aromatic heterocycles. The molecule has 0 bridgehead atoms. The van der Waals surface area contributed by atoms with Crippen LogP contribution >= 0.6 is 0 Å². The highest BCUT2D eigenvalue weighted by atomic mass is 14.5. The van der Waals surface area contributed by atoms with E-state index in [1.807, 2.05) is 0 Å². The predicted octanol–water partition coefficient (Wildman–Crippen LogP) is 7.37. The Hall–Kier alpha value is 0. The zero-order valence-electron chi connectivity index (χ0n) is 15.5. The van der Waals surface area contributed by atoms with Gasteiger partial charge in [0, 0.05) is 0 Å². The minimum Gasteiger partial charge on any atom is -0.0533 e. The lowest BCUT2D eigenvalue weighted by atomic mass is 9.57. The highest BCUT2D eigenvalue weighted by Gasteiger charge is 2.41. The first-order valence-electron chi connectivity index (χ1n) is 11.4. The summed E-state index contributed by atoms with van der Waals surface area (Å²) in [6.45, 7) is 0. The molecule has 4 unspecified atom stereocenters. The van der Waals surface area contributed by atoms with Gasteiger partial charge in [-0.15, -0.1) is 0 Å². The summed E-state index contributed by atoms with van der Waals surface area (Å²) < 4.78 is 0. The Kier molecular flexibility index (Phi) is 5.67. The van der Waals surface area contributed by atoms with Gasteiger partial charge in [0.2, 0.25) is 0 Å². The van der Waals surface area contributed by atoms with Crippen LogP contribution in [0.2, 0.25) is 0 Å². The van der Waals surface area contributed by atoms with E-state index >= 15 is 0 Å². The molecule has 0 heteroatoms. The number of fused-ring (bicyclic) bond motifs is 1. The fourth-order valence-electron chi connectivity index (χ4n) is 7.33. The van der Waals surface area contributed by atoms with Crippen LogP contribution < -0.4 is 0 Å². The van der Waals surface area contributed by atoms with Gasteiger partial charge in [0.05, 0.1) is 0 Å². The van der Waals surface area contributed by atoms with Crippen molar-refractivity contribution < 1.29 is 0 Å². The lowest BCUT2D eigenvalue weighted by molar-refractivity contribution is 0.0235. The van der Waals surface area contributed by atoms with Gasteiger partial charge in [-0.1, -0.05) is 83.5 Å². The predicted molar refractivity (Wildman–Crippen MR) is 99.4 cm³/mol. The summed E-state index contributed by atoms with van der Waals surface area (Å²) in [4.78, 5) is 0. The van der Waals surface area contributed by atoms with E-state index in [0.717, 1.165) is 35.5 Å². The Bertz CT molecular complexity index is 347. The topological polar surface area (TPSA) is 0 Å². The Labute approximate surface area is 145 Å². The maximum Gasteiger partial charge on any atom is -0.0352 e. The molecule has 0 aliphatic heterocycles. The first-order valence-corrected chi connectivity index (χ1v) is 11.4. The van der Waals surface area contributed by atoms with Crippen molar-refractivity contribution in [3.63, 3.8) is 0 Å². The van der Waals surface area contributed by atoms with Crippen LogP contribution in [0.3, 0.4) is 0 Å². The summed E-state index contributed by atoms with van der Waals surface area (Å²) in [6.07, 6.45) is 26.7. The van der Waals surface area contributed by atoms with E-state index < -0.39 is 0 Å². The molecule has 4 fully saturated rings. The lowest BCUT2D eigenvalue weighted by Crippen LogP contribution is -2.38. The fourth-order valence-corrected chi connectivity index (χ4v) is 7.33. The molecule has 4 aliphatic carbocycles. The molecule has 0 amide bonds. The minimum atomic E-state index is 1.11. The molecule has 0 nitrogen and oxygen atoms in total. The van der Waals surface area contributed by atoms with E-state index in [-0.39, 0.29) is 0 Å². The van der Waals surface area contributed by atoms with Gasteiger partial charge in [-0.05, 0) is 61.2 Å². The molecule has 23 heavy (non-hydrogen) atoms. The van der Waals surface area contributed by atoms with E-state index in [0.29, 0.717) is 0 Å². The van der Waals surface area contributed by atoms with Crippen molar-refractivity contribution in [2.24, 2.45) is 35.5 Å².